The Kier molecular flexibility index (Phi) is 4.50. The van der Waals surface area contributed by atoms with Gasteiger partial charge in [0.05, 0.1) is 10.7 Å². The highest BCUT2D eigenvalue weighted by atomic mass is 32.1. The second-order valence-electron chi connectivity index (χ2n) is 4.86. The molecule has 2 rings (SSSR count). The maximum Gasteiger partial charge on any atom is 0.0944 e. The fourth-order valence-corrected chi connectivity index (χ4v) is 3.10. The first-order valence-electron chi connectivity index (χ1n) is 6.15. The number of rotatable bonds is 4. The van der Waals surface area contributed by atoms with E-state index in [-0.39, 0.29) is 0 Å². The summed E-state index contributed by atoms with van der Waals surface area (Å²) in [7, 11) is 6.39. The van der Waals surface area contributed by atoms with Gasteiger partial charge in [-0.1, -0.05) is 0 Å². The molecule has 1 fully saturated rings. The molecule has 0 spiro atoms. The SMILES string of the molecule is CNCc1csc(CC2CN(C)CCN2C)n1. The van der Waals surface area contributed by atoms with Crippen molar-refractivity contribution in [1.29, 1.82) is 0 Å². The minimum atomic E-state index is 0.613. The van der Waals surface area contributed by atoms with E-state index in [1.54, 1.807) is 11.3 Å². The number of likely N-dealkylation sites (N-methyl/N-ethyl adjacent to an activating group) is 2. The van der Waals surface area contributed by atoms with Crippen LogP contribution in [0.3, 0.4) is 0 Å². The van der Waals surface area contributed by atoms with Gasteiger partial charge in [-0.25, -0.2) is 4.98 Å². The molecular formula is C12H22N4S. The molecule has 0 amide bonds. The van der Waals surface area contributed by atoms with E-state index in [1.807, 2.05) is 7.05 Å². The van der Waals surface area contributed by atoms with Crippen LogP contribution in [0.2, 0.25) is 0 Å². The van der Waals surface area contributed by atoms with E-state index < -0.39 is 0 Å². The number of aromatic nitrogens is 1. The van der Waals surface area contributed by atoms with Crippen LogP contribution in [0.4, 0.5) is 0 Å². The van der Waals surface area contributed by atoms with Crippen molar-refractivity contribution in [2.24, 2.45) is 0 Å². The van der Waals surface area contributed by atoms with E-state index in [2.05, 4.69) is 39.6 Å². The van der Waals surface area contributed by atoms with Crippen molar-refractivity contribution in [3.8, 4) is 0 Å². The summed E-state index contributed by atoms with van der Waals surface area (Å²) in [6.07, 6.45) is 1.08. The zero-order valence-corrected chi connectivity index (χ0v) is 11.8. The molecule has 0 bridgehead atoms. The van der Waals surface area contributed by atoms with Crippen LogP contribution in [-0.2, 0) is 13.0 Å². The highest BCUT2D eigenvalue weighted by molar-refractivity contribution is 7.09. The third-order valence-electron chi connectivity index (χ3n) is 3.35. The lowest BCUT2D eigenvalue weighted by atomic mass is 10.1. The van der Waals surface area contributed by atoms with Gasteiger partial charge in [-0.05, 0) is 21.1 Å². The normalized spacial score (nSPS) is 23.1. The predicted molar refractivity (Wildman–Crippen MR) is 72.5 cm³/mol. The molecule has 0 radical (unpaired) electrons. The fourth-order valence-electron chi connectivity index (χ4n) is 2.23. The number of hydrogen-bond acceptors (Lipinski definition) is 5. The van der Waals surface area contributed by atoms with Crippen LogP contribution < -0.4 is 5.32 Å². The molecule has 1 saturated heterocycles. The zero-order valence-electron chi connectivity index (χ0n) is 10.9. The topological polar surface area (TPSA) is 31.4 Å². The van der Waals surface area contributed by atoms with Gasteiger partial charge >= 0.3 is 0 Å². The van der Waals surface area contributed by atoms with E-state index >= 15 is 0 Å². The summed E-state index contributed by atoms with van der Waals surface area (Å²) >= 11 is 1.79. The van der Waals surface area contributed by atoms with E-state index in [0.29, 0.717) is 6.04 Å². The van der Waals surface area contributed by atoms with Crippen molar-refractivity contribution in [1.82, 2.24) is 20.1 Å². The van der Waals surface area contributed by atoms with Crippen LogP contribution in [0.25, 0.3) is 0 Å². The lowest BCUT2D eigenvalue weighted by Crippen LogP contribution is -2.50. The van der Waals surface area contributed by atoms with Gasteiger partial charge in [0, 0.05) is 44.0 Å². The Morgan fingerprint density at radius 1 is 1.47 bits per heavy atom. The molecule has 1 aliphatic heterocycles. The van der Waals surface area contributed by atoms with Crippen LogP contribution in [0.5, 0.6) is 0 Å². The third-order valence-corrected chi connectivity index (χ3v) is 4.27. The van der Waals surface area contributed by atoms with Crippen molar-refractivity contribution in [2.75, 3.05) is 40.8 Å². The van der Waals surface area contributed by atoms with E-state index in [1.165, 1.54) is 17.2 Å². The highest BCUT2D eigenvalue weighted by Gasteiger charge is 2.23. The first-order valence-corrected chi connectivity index (χ1v) is 7.03. The maximum absolute atomic E-state index is 4.66. The van der Waals surface area contributed by atoms with E-state index in [0.717, 1.165) is 26.1 Å². The second-order valence-corrected chi connectivity index (χ2v) is 5.81. The average molecular weight is 254 g/mol. The number of hydrogen-bond donors (Lipinski definition) is 1. The minimum Gasteiger partial charge on any atom is -0.314 e. The summed E-state index contributed by atoms with van der Waals surface area (Å²) in [5.41, 5.74) is 1.17. The average Bonchev–Trinajstić information content (AvgIpc) is 2.72. The molecule has 5 heteroatoms. The Morgan fingerprint density at radius 3 is 3.06 bits per heavy atom. The van der Waals surface area contributed by atoms with Crippen molar-refractivity contribution < 1.29 is 0 Å². The molecule has 4 nitrogen and oxygen atoms in total. The van der Waals surface area contributed by atoms with Crippen LogP contribution >= 0.6 is 11.3 Å². The standard InChI is InChI=1S/C12H22N4S/c1-13-7-10-9-17-12(14-10)6-11-8-15(2)4-5-16(11)3/h9,11,13H,4-8H2,1-3H3. The fraction of sp³-hybridized carbons (Fsp3) is 0.750. The Labute approximate surface area is 108 Å². The van der Waals surface area contributed by atoms with Crippen molar-refractivity contribution in [3.05, 3.63) is 16.1 Å². The molecule has 2 heterocycles. The van der Waals surface area contributed by atoms with Gasteiger partial charge in [-0.3, -0.25) is 0 Å². The molecule has 1 unspecified atom stereocenters. The van der Waals surface area contributed by atoms with Crippen LogP contribution in [0, 0.1) is 0 Å². The van der Waals surface area contributed by atoms with Gasteiger partial charge in [-0.15, -0.1) is 11.3 Å². The van der Waals surface area contributed by atoms with Crippen LogP contribution in [-0.4, -0.2) is 61.6 Å². The minimum absolute atomic E-state index is 0.613. The quantitative estimate of drug-likeness (QED) is 0.855. The molecule has 17 heavy (non-hydrogen) atoms. The van der Waals surface area contributed by atoms with Crippen LogP contribution in [0.15, 0.2) is 5.38 Å². The van der Waals surface area contributed by atoms with E-state index in [4.69, 9.17) is 0 Å². The Hall–Kier alpha value is -0.490. The van der Waals surface area contributed by atoms with Crippen LogP contribution in [0.1, 0.15) is 10.7 Å². The highest BCUT2D eigenvalue weighted by Crippen LogP contribution is 2.16. The summed E-state index contributed by atoms with van der Waals surface area (Å²) in [5, 5.41) is 6.57. The molecule has 0 saturated carbocycles. The summed E-state index contributed by atoms with van der Waals surface area (Å²) in [5.74, 6) is 0. The Balaban J connectivity index is 1.94. The summed E-state index contributed by atoms with van der Waals surface area (Å²) in [6.45, 7) is 4.36. The number of thiazole rings is 1. The molecule has 1 N–H and O–H groups in total. The van der Waals surface area contributed by atoms with Gasteiger partial charge in [0.2, 0.25) is 0 Å². The van der Waals surface area contributed by atoms with E-state index in [9.17, 15) is 0 Å². The molecule has 0 aliphatic carbocycles. The zero-order chi connectivity index (χ0) is 12.3. The molecule has 1 aromatic rings. The van der Waals surface area contributed by atoms with Gasteiger partial charge in [-0.2, -0.15) is 0 Å². The predicted octanol–water partition coefficient (Wildman–Crippen LogP) is 0.651. The largest absolute Gasteiger partial charge is 0.314 e. The molecule has 1 atom stereocenters. The van der Waals surface area contributed by atoms with Gasteiger partial charge in [0.25, 0.3) is 0 Å². The molecule has 1 aliphatic rings. The lowest BCUT2D eigenvalue weighted by Gasteiger charge is -2.37. The summed E-state index contributed by atoms with van der Waals surface area (Å²) in [4.78, 5) is 9.53. The Morgan fingerprint density at radius 2 is 2.29 bits per heavy atom. The maximum atomic E-state index is 4.66. The number of nitrogens with one attached hydrogen (secondary N) is 1. The number of nitrogens with zero attached hydrogens (tertiary/aromatic N) is 3. The summed E-state index contributed by atoms with van der Waals surface area (Å²) in [6, 6.07) is 0.613. The molecular weight excluding hydrogens is 232 g/mol. The molecule has 1 aromatic heterocycles. The smallest absolute Gasteiger partial charge is 0.0944 e. The second kappa shape index (κ2) is 5.91. The van der Waals surface area contributed by atoms with Crippen molar-refractivity contribution >= 4 is 11.3 Å². The lowest BCUT2D eigenvalue weighted by molar-refractivity contribution is 0.114. The van der Waals surface area contributed by atoms with Gasteiger partial charge in [0.1, 0.15) is 0 Å². The first-order chi connectivity index (χ1) is 8.19. The first kappa shape index (κ1) is 13.0. The Bertz CT molecular complexity index is 352. The summed E-state index contributed by atoms with van der Waals surface area (Å²) < 4.78 is 0. The van der Waals surface area contributed by atoms with Gasteiger partial charge in [0.15, 0.2) is 0 Å². The third kappa shape index (κ3) is 3.48. The molecule has 0 aromatic carbocycles. The number of piperazine rings is 1. The monoisotopic (exact) mass is 254 g/mol. The van der Waals surface area contributed by atoms with Crippen molar-refractivity contribution in [2.45, 2.75) is 19.0 Å². The van der Waals surface area contributed by atoms with Gasteiger partial charge < -0.3 is 15.1 Å². The molecule has 96 valence electrons. The van der Waals surface area contributed by atoms with Crippen molar-refractivity contribution in [3.63, 3.8) is 0 Å².